The first-order valence-corrected chi connectivity index (χ1v) is 7.26. The molecule has 0 bridgehead atoms. The Bertz CT molecular complexity index is 399. The molecule has 2 rings (SSSR count). The van der Waals surface area contributed by atoms with E-state index < -0.39 is 0 Å². The molecular formula is C14H19Cl2NO. The Morgan fingerprint density at radius 1 is 1.11 bits per heavy atom. The number of phenols is 1. The zero-order valence-corrected chi connectivity index (χ0v) is 12.1. The molecule has 2 nitrogen and oxygen atoms in total. The van der Waals surface area contributed by atoms with Gasteiger partial charge in [0.25, 0.3) is 0 Å². The molecule has 0 heterocycles. The number of phenolic OH excluding ortho intramolecular Hbond substituents is 1. The van der Waals surface area contributed by atoms with Gasteiger partial charge in [0.2, 0.25) is 0 Å². The molecule has 100 valence electrons. The second-order valence-corrected chi connectivity index (χ2v) is 6.06. The van der Waals surface area contributed by atoms with Gasteiger partial charge in [0, 0.05) is 11.7 Å². The van der Waals surface area contributed by atoms with Crippen molar-refractivity contribution >= 4 is 28.9 Å². The van der Waals surface area contributed by atoms with E-state index in [2.05, 4.69) is 12.2 Å². The number of rotatable bonds is 2. The van der Waals surface area contributed by atoms with Crippen LogP contribution in [0.25, 0.3) is 0 Å². The van der Waals surface area contributed by atoms with Crippen molar-refractivity contribution in [2.75, 3.05) is 5.32 Å². The smallest absolute Gasteiger partial charge is 0.152 e. The zero-order valence-electron chi connectivity index (χ0n) is 10.5. The van der Waals surface area contributed by atoms with Crippen molar-refractivity contribution in [3.8, 4) is 5.75 Å². The number of hydrogen-bond donors (Lipinski definition) is 2. The van der Waals surface area contributed by atoms with Crippen LogP contribution < -0.4 is 5.32 Å². The van der Waals surface area contributed by atoms with Gasteiger partial charge in [0.05, 0.1) is 10.0 Å². The molecular weight excluding hydrogens is 269 g/mol. The molecule has 18 heavy (non-hydrogen) atoms. The predicted octanol–water partition coefficient (Wildman–Crippen LogP) is 5.08. The molecule has 0 amide bonds. The van der Waals surface area contributed by atoms with Gasteiger partial charge < -0.3 is 10.4 Å². The Kier molecular flexibility index (Phi) is 4.63. The lowest BCUT2D eigenvalue weighted by molar-refractivity contribution is 0.476. The van der Waals surface area contributed by atoms with Crippen molar-refractivity contribution in [2.45, 2.75) is 45.1 Å². The normalized spacial score (nSPS) is 24.6. The Balaban J connectivity index is 2.05. The van der Waals surface area contributed by atoms with E-state index in [9.17, 15) is 5.11 Å². The van der Waals surface area contributed by atoms with Crippen LogP contribution in [0, 0.1) is 5.92 Å². The third-order valence-electron chi connectivity index (χ3n) is 3.65. The van der Waals surface area contributed by atoms with Gasteiger partial charge in [-0.1, -0.05) is 43.0 Å². The SMILES string of the molecule is CC1CCCC(Nc2cc(Cl)c(O)c(Cl)c2)CC1. The Morgan fingerprint density at radius 2 is 1.78 bits per heavy atom. The second-order valence-electron chi connectivity index (χ2n) is 5.24. The maximum atomic E-state index is 9.52. The zero-order chi connectivity index (χ0) is 13.1. The van der Waals surface area contributed by atoms with Crippen LogP contribution in [0.3, 0.4) is 0 Å². The highest BCUT2D eigenvalue weighted by Gasteiger charge is 2.16. The lowest BCUT2D eigenvalue weighted by atomic mass is 10.0. The van der Waals surface area contributed by atoms with Crippen molar-refractivity contribution in [3.63, 3.8) is 0 Å². The highest BCUT2D eigenvalue weighted by atomic mass is 35.5. The number of halogens is 2. The van der Waals surface area contributed by atoms with Gasteiger partial charge in [-0.05, 0) is 37.3 Å². The molecule has 4 heteroatoms. The van der Waals surface area contributed by atoms with E-state index in [1.165, 1.54) is 32.1 Å². The fourth-order valence-corrected chi connectivity index (χ4v) is 3.00. The molecule has 1 saturated carbocycles. The number of hydrogen-bond acceptors (Lipinski definition) is 2. The fraction of sp³-hybridized carbons (Fsp3) is 0.571. The quantitative estimate of drug-likeness (QED) is 0.587. The average Bonchev–Trinajstić information content (AvgIpc) is 2.51. The molecule has 1 fully saturated rings. The van der Waals surface area contributed by atoms with Crippen molar-refractivity contribution in [1.29, 1.82) is 0 Å². The third kappa shape index (κ3) is 3.46. The average molecular weight is 288 g/mol. The minimum Gasteiger partial charge on any atom is -0.505 e. The van der Waals surface area contributed by atoms with Crippen LogP contribution in [-0.2, 0) is 0 Å². The fourth-order valence-electron chi connectivity index (χ4n) is 2.52. The molecule has 0 spiro atoms. The number of aromatic hydroxyl groups is 1. The summed E-state index contributed by atoms with van der Waals surface area (Å²) < 4.78 is 0. The first-order chi connectivity index (χ1) is 8.56. The van der Waals surface area contributed by atoms with Crippen LogP contribution >= 0.6 is 23.2 Å². The summed E-state index contributed by atoms with van der Waals surface area (Å²) in [4.78, 5) is 0. The molecule has 0 saturated heterocycles. The summed E-state index contributed by atoms with van der Waals surface area (Å²) in [5.74, 6) is 0.780. The summed E-state index contributed by atoms with van der Waals surface area (Å²) in [7, 11) is 0. The van der Waals surface area contributed by atoms with Crippen LogP contribution in [0.1, 0.15) is 39.0 Å². The molecule has 0 aromatic heterocycles. The van der Waals surface area contributed by atoms with E-state index in [1.807, 2.05) is 0 Å². The van der Waals surface area contributed by atoms with E-state index in [0.29, 0.717) is 16.1 Å². The molecule has 1 aromatic rings. The van der Waals surface area contributed by atoms with E-state index >= 15 is 0 Å². The summed E-state index contributed by atoms with van der Waals surface area (Å²) in [5.41, 5.74) is 0.891. The topological polar surface area (TPSA) is 32.3 Å². The predicted molar refractivity (Wildman–Crippen MR) is 77.8 cm³/mol. The lowest BCUT2D eigenvalue weighted by Crippen LogP contribution is -2.18. The molecule has 0 aliphatic heterocycles. The highest BCUT2D eigenvalue weighted by Crippen LogP contribution is 2.35. The maximum Gasteiger partial charge on any atom is 0.152 e. The third-order valence-corrected chi connectivity index (χ3v) is 4.22. The molecule has 2 N–H and O–H groups in total. The van der Waals surface area contributed by atoms with Crippen molar-refractivity contribution in [2.24, 2.45) is 5.92 Å². The van der Waals surface area contributed by atoms with Crippen LogP contribution in [0.4, 0.5) is 5.69 Å². The maximum absolute atomic E-state index is 9.52. The Hall–Kier alpha value is -0.600. The number of anilines is 1. The summed E-state index contributed by atoms with van der Waals surface area (Å²) in [6, 6.07) is 3.94. The number of nitrogens with one attached hydrogen (secondary N) is 1. The second kappa shape index (κ2) is 6.03. The van der Waals surface area contributed by atoms with Gasteiger partial charge in [0.15, 0.2) is 5.75 Å². The molecule has 1 aliphatic rings. The van der Waals surface area contributed by atoms with Crippen LogP contribution in [0.2, 0.25) is 10.0 Å². The molecule has 1 aromatic carbocycles. The standard InChI is InChI=1S/C14H19Cl2NO/c1-9-3-2-4-10(6-5-9)17-11-7-12(15)14(18)13(16)8-11/h7-10,17-18H,2-6H2,1H3. The summed E-state index contributed by atoms with van der Waals surface area (Å²) in [5, 5.41) is 13.6. The molecule has 1 aliphatic carbocycles. The highest BCUT2D eigenvalue weighted by molar-refractivity contribution is 6.37. The van der Waals surface area contributed by atoms with E-state index in [4.69, 9.17) is 23.2 Å². The first-order valence-electron chi connectivity index (χ1n) is 6.51. The van der Waals surface area contributed by atoms with Crippen LogP contribution in [0.15, 0.2) is 12.1 Å². The van der Waals surface area contributed by atoms with Gasteiger partial charge in [-0.2, -0.15) is 0 Å². The lowest BCUT2D eigenvalue weighted by Gasteiger charge is -2.18. The van der Waals surface area contributed by atoms with Gasteiger partial charge in [0.1, 0.15) is 0 Å². The summed E-state index contributed by atoms with van der Waals surface area (Å²) >= 11 is 11.8. The van der Waals surface area contributed by atoms with Gasteiger partial charge >= 0.3 is 0 Å². The molecule has 2 atom stereocenters. The Morgan fingerprint density at radius 3 is 2.44 bits per heavy atom. The minimum atomic E-state index is -0.0432. The number of benzene rings is 1. The van der Waals surface area contributed by atoms with Crippen LogP contribution in [-0.4, -0.2) is 11.1 Å². The van der Waals surface area contributed by atoms with E-state index in [1.54, 1.807) is 12.1 Å². The van der Waals surface area contributed by atoms with Crippen molar-refractivity contribution < 1.29 is 5.11 Å². The largest absolute Gasteiger partial charge is 0.505 e. The molecule has 2 unspecified atom stereocenters. The Labute approximate surface area is 118 Å². The van der Waals surface area contributed by atoms with Gasteiger partial charge in [-0.15, -0.1) is 0 Å². The van der Waals surface area contributed by atoms with Gasteiger partial charge in [-0.25, -0.2) is 0 Å². The van der Waals surface area contributed by atoms with Gasteiger partial charge in [-0.3, -0.25) is 0 Å². The summed E-state index contributed by atoms with van der Waals surface area (Å²) in [6.45, 7) is 2.32. The first kappa shape index (κ1) is 13.8. The van der Waals surface area contributed by atoms with Crippen molar-refractivity contribution in [1.82, 2.24) is 0 Å². The van der Waals surface area contributed by atoms with E-state index in [0.717, 1.165) is 11.6 Å². The van der Waals surface area contributed by atoms with E-state index in [-0.39, 0.29) is 5.75 Å². The van der Waals surface area contributed by atoms with Crippen molar-refractivity contribution in [3.05, 3.63) is 22.2 Å². The summed E-state index contributed by atoms with van der Waals surface area (Å²) in [6.07, 6.45) is 6.20. The monoisotopic (exact) mass is 287 g/mol. The minimum absolute atomic E-state index is 0.0432. The van der Waals surface area contributed by atoms with Crippen LogP contribution in [0.5, 0.6) is 5.75 Å². The molecule has 0 radical (unpaired) electrons.